The van der Waals surface area contributed by atoms with Gasteiger partial charge in [0.25, 0.3) is 0 Å². The number of hydrogen-bond acceptors (Lipinski definition) is 0. The fraction of sp³-hybridized carbons (Fsp3) is 1.00. The van der Waals surface area contributed by atoms with Gasteiger partial charge in [0.15, 0.2) is 0 Å². The van der Waals surface area contributed by atoms with Crippen LogP contribution in [0, 0.1) is 11.8 Å². The van der Waals surface area contributed by atoms with Crippen molar-refractivity contribution >= 4 is 0 Å². The molecule has 0 N–H and O–H groups in total. The number of halogens is 1. The van der Waals surface area contributed by atoms with Crippen LogP contribution in [-0.2, 0) is 0 Å². The molecular weight excluding hydrogens is 103 g/mol. The normalized spacial score (nSPS) is 52.9. The molecule has 2 bridgehead atoms. The van der Waals surface area contributed by atoms with Crippen molar-refractivity contribution in [1.82, 2.24) is 0 Å². The molecule has 46 valence electrons. The second-order valence-corrected chi connectivity index (χ2v) is 3.19. The highest BCUT2D eigenvalue weighted by atomic mass is 19.1. The Morgan fingerprint density at radius 1 is 1.12 bits per heavy atom. The molecule has 2 saturated carbocycles. The van der Waals surface area contributed by atoms with Crippen molar-refractivity contribution in [3.63, 3.8) is 0 Å². The highest BCUT2D eigenvalue weighted by Gasteiger charge is 2.39. The summed E-state index contributed by atoms with van der Waals surface area (Å²) in [5.41, 5.74) is 0. The van der Waals surface area contributed by atoms with Crippen molar-refractivity contribution in [2.45, 2.75) is 31.9 Å². The Hall–Kier alpha value is -0.0700. The first-order valence-electron chi connectivity index (χ1n) is 3.50. The van der Waals surface area contributed by atoms with E-state index < -0.39 is 6.17 Å². The molecule has 1 heteroatoms. The van der Waals surface area contributed by atoms with Gasteiger partial charge in [-0.05, 0) is 37.5 Å². The van der Waals surface area contributed by atoms with E-state index >= 15 is 0 Å². The smallest absolute Gasteiger partial charge is 0.103 e. The molecule has 0 radical (unpaired) electrons. The molecular formula is C7H11F. The Labute approximate surface area is 49.1 Å². The summed E-state index contributed by atoms with van der Waals surface area (Å²) >= 11 is 0. The van der Waals surface area contributed by atoms with Crippen molar-refractivity contribution in [2.24, 2.45) is 11.8 Å². The Morgan fingerprint density at radius 2 is 2.00 bits per heavy atom. The molecule has 3 atom stereocenters. The monoisotopic (exact) mass is 114 g/mol. The lowest BCUT2D eigenvalue weighted by Crippen LogP contribution is -2.09. The number of fused-ring (bicyclic) bond motifs is 2. The van der Waals surface area contributed by atoms with Crippen LogP contribution in [0.25, 0.3) is 0 Å². The standard InChI is InChI=1S/C7H11F/c8-7-4-5-1-2-6(7)3-5/h5-7H,1-4H2/t5-,6+,7+/m0/s1. The quantitative estimate of drug-likeness (QED) is 0.452. The summed E-state index contributed by atoms with van der Waals surface area (Å²) in [4.78, 5) is 0. The van der Waals surface area contributed by atoms with Crippen LogP contribution in [0.15, 0.2) is 0 Å². The van der Waals surface area contributed by atoms with E-state index in [1.54, 1.807) is 0 Å². The Bertz CT molecular complexity index is 98.6. The molecule has 0 heterocycles. The van der Waals surface area contributed by atoms with Gasteiger partial charge in [0.2, 0.25) is 0 Å². The largest absolute Gasteiger partial charge is 0.247 e. The van der Waals surface area contributed by atoms with Gasteiger partial charge in [0, 0.05) is 0 Å². The molecule has 0 saturated heterocycles. The Kier molecular flexibility index (Phi) is 0.870. The molecule has 2 aliphatic rings. The predicted molar refractivity (Wildman–Crippen MR) is 30.3 cm³/mol. The lowest BCUT2D eigenvalue weighted by molar-refractivity contribution is 0.231. The predicted octanol–water partition coefficient (Wildman–Crippen LogP) is 2.14. The first-order chi connectivity index (χ1) is 3.86. The highest BCUT2D eigenvalue weighted by Crippen LogP contribution is 2.45. The minimum Gasteiger partial charge on any atom is -0.247 e. The molecule has 0 aromatic heterocycles. The Balaban J connectivity index is 2.11. The van der Waals surface area contributed by atoms with Gasteiger partial charge in [-0.3, -0.25) is 0 Å². The molecule has 0 nitrogen and oxygen atoms in total. The van der Waals surface area contributed by atoms with E-state index in [9.17, 15) is 4.39 Å². The lowest BCUT2D eigenvalue weighted by atomic mass is 9.99. The summed E-state index contributed by atoms with van der Waals surface area (Å²) in [5.74, 6) is 1.25. The molecule has 2 rings (SSSR count). The number of hydrogen-bond donors (Lipinski definition) is 0. The first kappa shape index (κ1) is 4.78. The highest BCUT2D eigenvalue weighted by molar-refractivity contribution is 4.89. The summed E-state index contributed by atoms with van der Waals surface area (Å²) in [6, 6.07) is 0. The van der Waals surface area contributed by atoms with Gasteiger partial charge in [-0.25, -0.2) is 4.39 Å². The lowest BCUT2D eigenvalue weighted by Gasteiger charge is -2.11. The fourth-order valence-corrected chi connectivity index (χ4v) is 2.17. The maximum Gasteiger partial charge on any atom is 0.103 e. The molecule has 0 unspecified atom stereocenters. The van der Waals surface area contributed by atoms with E-state index in [0.29, 0.717) is 5.92 Å². The molecule has 0 aromatic carbocycles. The fourth-order valence-electron chi connectivity index (χ4n) is 2.17. The third-order valence-corrected chi connectivity index (χ3v) is 2.65. The summed E-state index contributed by atoms with van der Waals surface area (Å²) in [5, 5.41) is 0. The van der Waals surface area contributed by atoms with Crippen LogP contribution in [0.3, 0.4) is 0 Å². The van der Waals surface area contributed by atoms with Crippen LogP contribution < -0.4 is 0 Å². The van der Waals surface area contributed by atoms with Gasteiger partial charge in [-0.2, -0.15) is 0 Å². The van der Waals surface area contributed by atoms with Crippen LogP contribution in [0.5, 0.6) is 0 Å². The van der Waals surface area contributed by atoms with Crippen molar-refractivity contribution in [2.75, 3.05) is 0 Å². The molecule has 8 heavy (non-hydrogen) atoms. The molecule has 0 spiro atoms. The summed E-state index contributed by atoms with van der Waals surface area (Å²) < 4.78 is 12.6. The van der Waals surface area contributed by atoms with Gasteiger partial charge >= 0.3 is 0 Å². The molecule has 0 aromatic rings. The van der Waals surface area contributed by atoms with Crippen LogP contribution >= 0.6 is 0 Å². The molecule has 2 fully saturated rings. The van der Waals surface area contributed by atoms with Crippen LogP contribution in [0.4, 0.5) is 4.39 Å². The molecule has 0 aliphatic heterocycles. The summed E-state index contributed by atoms with van der Waals surface area (Å²) in [6.45, 7) is 0. The number of rotatable bonds is 0. The van der Waals surface area contributed by atoms with E-state index in [1.165, 1.54) is 19.3 Å². The molecule has 0 amide bonds. The topological polar surface area (TPSA) is 0 Å². The zero-order chi connectivity index (χ0) is 5.56. The zero-order valence-corrected chi connectivity index (χ0v) is 4.94. The minimum atomic E-state index is -0.422. The minimum absolute atomic E-state index is 0.422. The summed E-state index contributed by atoms with van der Waals surface area (Å²) in [6.07, 6.45) is 4.14. The van der Waals surface area contributed by atoms with Gasteiger partial charge < -0.3 is 0 Å². The van der Waals surface area contributed by atoms with Crippen molar-refractivity contribution in [3.8, 4) is 0 Å². The van der Waals surface area contributed by atoms with E-state index in [2.05, 4.69) is 0 Å². The average molecular weight is 114 g/mol. The van der Waals surface area contributed by atoms with Gasteiger partial charge in [0.05, 0.1) is 0 Å². The maximum atomic E-state index is 12.6. The summed E-state index contributed by atoms with van der Waals surface area (Å²) in [7, 11) is 0. The van der Waals surface area contributed by atoms with Gasteiger partial charge in [-0.1, -0.05) is 0 Å². The van der Waals surface area contributed by atoms with E-state index in [1.807, 2.05) is 0 Å². The zero-order valence-electron chi connectivity index (χ0n) is 4.94. The maximum absolute atomic E-state index is 12.6. The van der Waals surface area contributed by atoms with Crippen LogP contribution in [0.2, 0.25) is 0 Å². The van der Waals surface area contributed by atoms with E-state index in [4.69, 9.17) is 0 Å². The van der Waals surface area contributed by atoms with Crippen LogP contribution in [0.1, 0.15) is 25.7 Å². The third kappa shape index (κ3) is 0.503. The third-order valence-electron chi connectivity index (χ3n) is 2.65. The van der Waals surface area contributed by atoms with Crippen molar-refractivity contribution < 1.29 is 4.39 Å². The first-order valence-corrected chi connectivity index (χ1v) is 3.50. The van der Waals surface area contributed by atoms with E-state index in [-0.39, 0.29) is 0 Å². The van der Waals surface area contributed by atoms with Crippen LogP contribution in [-0.4, -0.2) is 6.17 Å². The van der Waals surface area contributed by atoms with Crippen molar-refractivity contribution in [1.29, 1.82) is 0 Å². The van der Waals surface area contributed by atoms with Crippen molar-refractivity contribution in [3.05, 3.63) is 0 Å². The number of alkyl halides is 1. The van der Waals surface area contributed by atoms with Gasteiger partial charge in [-0.15, -0.1) is 0 Å². The second kappa shape index (κ2) is 1.46. The second-order valence-electron chi connectivity index (χ2n) is 3.19. The Morgan fingerprint density at radius 3 is 2.25 bits per heavy atom. The molecule has 2 aliphatic carbocycles. The SMILES string of the molecule is F[C@@H]1C[C@H]2CC[C@@H]1C2. The average Bonchev–Trinajstić information content (AvgIpc) is 2.23. The van der Waals surface area contributed by atoms with Gasteiger partial charge in [0.1, 0.15) is 6.17 Å². The van der Waals surface area contributed by atoms with E-state index in [0.717, 1.165) is 12.3 Å².